The zero-order valence-electron chi connectivity index (χ0n) is 8.05. The minimum Gasteiger partial charge on any atom is -0.463 e. The van der Waals surface area contributed by atoms with Crippen molar-refractivity contribution in [3.63, 3.8) is 0 Å². The van der Waals surface area contributed by atoms with Crippen LogP contribution >= 0.6 is 0 Å². The first kappa shape index (κ1) is 11.5. The van der Waals surface area contributed by atoms with Gasteiger partial charge in [0.2, 0.25) is 0 Å². The Kier molecular flexibility index (Phi) is 10.0. The third-order valence-electron chi connectivity index (χ3n) is 1.99. The van der Waals surface area contributed by atoms with E-state index in [1.165, 1.54) is 44.8 Å². The average molecular weight is 172 g/mol. The summed E-state index contributed by atoms with van der Waals surface area (Å²) in [7, 11) is 0. The van der Waals surface area contributed by atoms with E-state index in [-0.39, 0.29) is 0 Å². The molecule has 0 bridgehead atoms. The highest BCUT2D eigenvalue weighted by molar-refractivity contribution is 5.49. The van der Waals surface area contributed by atoms with Crippen molar-refractivity contribution in [1.29, 1.82) is 0 Å². The van der Waals surface area contributed by atoms with Crippen molar-refractivity contribution >= 4 is 6.29 Å². The van der Waals surface area contributed by atoms with Crippen molar-refractivity contribution in [2.45, 2.75) is 58.3 Å². The van der Waals surface area contributed by atoms with Crippen LogP contribution in [0.1, 0.15) is 58.3 Å². The molecule has 0 amide bonds. The molecular formula is C10H20O2. The van der Waals surface area contributed by atoms with Gasteiger partial charge in [-0.3, -0.25) is 0 Å². The lowest BCUT2D eigenvalue weighted by atomic mass is 10.1. The predicted octanol–water partition coefficient (Wildman–Crippen LogP) is 2.14. The molecule has 72 valence electrons. The fourth-order valence-corrected chi connectivity index (χ4v) is 1.23. The molecule has 0 N–H and O–H groups in total. The van der Waals surface area contributed by atoms with Crippen LogP contribution in [0.2, 0.25) is 0 Å². The van der Waals surface area contributed by atoms with Crippen LogP contribution in [-0.4, -0.2) is 6.29 Å². The van der Waals surface area contributed by atoms with Gasteiger partial charge in [0.25, 0.3) is 0 Å². The van der Waals surface area contributed by atoms with E-state index in [2.05, 4.69) is 11.5 Å². The maximum Gasteiger partial charge on any atom is 0.318 e. The quantitative estimate of drug-likeness (QED) is 0.181. The highest BCUT2D eigenvalue weighted by atomic mass is 17.1. The predicted molar refractivity (Wildman–Crippen MR) is 48.7 cm³/mol. The Bertz CT molecular complexity index is 100. The van der Waals surface area contributed by atoms with Gasteiger partial charge < -0.3 is 5.26 Å². The average Bonchev–Trinajstić information content (AvgIpc) is 2.10. The van der Waals surface area contributed by atoms with Crippen LogP contribution in [0.5, 0.6) is 0 Å². The summed E-state index contributed by atoms with van der Waals surface area (Å²) in [6.07, 6.45) is 11.1. The van der Waals surface area contributed by atoms with Crippen LogP contribution in [0.4, 0.5) is 0 Å². The van der Waals surface area contributed by atoms with E-state index in [1.807, 2.05) is 0 Å². The van der Waals surface area contributed by atoms with Crippen LogP contribution < -0.4 is 5.26 Å². The second-order valence-electron chi connectivity index (χ2n) is 3.17. The molecule has 0 unspecified atom stereocenters. The van der Waals surface area contributed by atoms with Crippen LogP contribution in [-0.2, 0) is 4.58 Å². The van der Waals surface area contributed by atoms with E-state index in [1.54, 1.807) is 0 Å². The number of hydrogen-bond donors (Lipinski definition) is 0. The second kappa shape index (κ2) is 10.5. The Hall–Kier alpha value is -0.530. The highest BCUT2D eigenvalue weighted by Gasteiger charge is 1.91. The Balaban J connectivity index is 2.81. The number of carbonyl (C=O) groups excluding carboxylic acids is 1. The minimum absolute atomic E-state index is 0.803. The summed E-state index contributed by atoms with van der Waals surface area (Å²) < 4.78 is 3.61. The van der Waals surface area contributed by atoms with E-state index in [0.29, 0.717) is 0 Å². The monoisotopic (exact) mass is 172 g/mol. The Morgan fingerprint density at radius 3 is 2.17 bits per heavy atom. The third-order valence-corrected chi connectivity index (χ3v) is 1.99. The molecule has 0 aliphatic rings. The molecular weight excluding hydrogens is 152 g/mol. The summed E-state index contributed by atoms with van der Waals surface area (Å²) in [5.74, 6) is 0. The Morgan fingerprint density at radius 2 is 1.58 bits per heavy atom. The van der Waals surface area contributed by atoms with E-state index >= 15 is 0 Å². The fourth-order valence-electron chi connectivity index (χ4n) is 1.23. The van der Waals surface area contributed by atoms with E-state index < -0.39 is 0 Å². The normalized spacial score (nSPS) is 11.1. The molecule has 0 aliphatic heterocycles. The maximum absolute atomic E-state index is 9.55. The van der Waals surface area contributed by atoms with Gasteiger partial charge in [0.05, 0.1) is 6.42 Å². The zero-order valence-corrected chi connectivity index (χ0v) is 8.05. The highest BCUT2D eigenvalue weighted by Crippen LogP contribution is 2.07. The van der Waals surface area contributed by atoms with Crippen LogP contribution in [0.15, 0.2) is 0 Å². The molecule has 0 spiro atoms. The molecule has 2 heteroatoms. The first-order valence-corrected chi connectivity index (χ1v) is 5.02. The molecule has 0 aliphatic carbocycles. The van der Waals surface area contributed by atoms with Gasteiger partial charge >= 0.3 is 6.29 Å². The minimum atomic E-state index is 0.803. The van der Waals surface area contributed by atoms with Gasteiger partial charge in [0, 0.05) is 0 Å². The molecule has 0 saturated heterocycles. The lowest BCUT2D eigenvalue weighted by molar-refractivity contribution is -1.04. The fraction of sp³-hybridized carbons (Fsp3) is 0.900. The summed E-state index contributed by atoms with van der Waals surface area (Å²) in [5, 5.41) is 9.55. The zero-order chi connectivity index (χ0) is 9.07. The lowest BCUT2D eigenvalue weighted by Crippen LogP contribution is -1.96. The van der Waals surface area contributed by atoms with Gasteiger partial charge in [0.15, 0.2) is 0 Å². The number of rotatable bonds is 8. The van der Waals surface area contributed by atoms with Crippen LogP contribution in [0.3, 0.4) is 0 Å². The maximum atomic E-state index is 9.55. The SMILES string of the molecule is CCCCCCCCCC=[O+][O-]. The van der Waals surface area contributed by atoms with Crippen LogP contribution in [0.25, 0.3) is 0 Å². The van der Waals surface area contributed by atoms with Crippen LogP contribution in [0, 0.1) is 0 Å². The summed E-state index contributed by atoms with van der Waals surface area (Å²) in [6, 6.07) is 0. The molecule has 0 atom stereocenters. The molecule has 0 aromatic heterocycles. The first-order chi connectivity index (χ1) is 5.91. The number of hydrogen-bond acceptors (Lipinski definition) is 1. The van der Waals surface area contributed by atoms with Gasteiger partial charge in [0.1, 0.15) is 0 Å². The summed E-state index contributed by atoms with van der Waals surface area (Å²) >= 11 is 0. The van der Waals surface area contributed by atoms with E-state index in [0.717, 1.165) is 12.8 Å². The standard InChI is InChI=1S/C10H20O2/c1-2-3-4-5-6-7-8-9-10-12-11/h10H,2-9H2,1H3. The second-order valence-corrected chi connectivity index (χ2v) is 3.17. The first-order valence-electron chi connectivity index (χ1n) is 5.02. The van der Waals surface area contributed by atoms with Gasteiger partial charge in [-0.2, -0.15) is 4.58 Å². The Morgan fingerprint density at radius 1 is 1.00 bits per heavy atom. The molecule has 0 aromatic carbocycles. The molecule has 0 fully saturated rings. The summed E-state index contributed by atoms with van der Waals surface area (Å²) in [5.41, 5.74) is 0. The molecule has 0 rings (SSSR count). The van der Waals surface area contributed by atoms with Crippen molar-refractivity contribution in [2.75, 3.05) is 0 Å². The van der Waals surface area contributed by atoms with Crippen molar-refractivity contribution in [2.24, 2.45) is 0 Å². The van der Waals surface area contributed by atoms with Gasteiger partial charge in [-0.25, -0.2) is 0 Å². The van der Waals surface area contributed by atoms with E-state index in [4.69, 9.17) is 0 Å². The van der Waals surface area contributed by atoms with Crippen molar-refractivity contribution < 1.29 is 9.83 Å². The molecule has 12 heavy (non-hydrogen) atoms. The van der Waals surface area contributed by atoms with E-state index in [9.17, 15) is 5.26 Å². The van der Waals surface area contributed by atoms with Gasteiger partial charge in [-0.1, -0.05) is 45.4 Å². The number of aldehydes is 1. The smallest absolute Gasteiger partial charge is 0.318 e. The molecule has 2 nitrogen and oxygen atoms in total. The molecule has 0 heterocycles. The summed E-state index contributed by atoms with van der Waals surface area (Å²) in [6.45, 7) is 2.22. The van der Waals surface area contributed by atoms with Crippen molar-refractivity contribution in [3.8, 4) is 0 Å². The largest absolute Gasteiger partial charge is 0.463 e. The third kappa shape index (κ3) is 9.47. The van der Waals surface area contributed by atoms with Crippen molar-refractivity contribution in [1.82, 2.24) is 0 Å². The topological polar surface area (TPSA) is 34.4 Å². The number of unbranched alkanes of at least 4 members (excludes halogenated alkanes) is 7. The van der Waals surface area contributed by atoms with Gasteiger partial charge in [-0.05, 0) is 6.42 Å². The molecule has 0 aromatic rings. The molecule has 0 saturated carbocycles. The lowest BCUT2D eigenvalue weighted by Gasteiger charge is -1.97. The molecule has 0 radical (unpaired) electrons. The van der Waals surface area contributed by atoms with Crippen molar-refractivity contribution in [3.05, 3.63) is 0 Å². The van der Waals surface area contributed by atoms with Gasteiger partial charge in [-0.15, -0.1) is 0 Å². The summed E-state index contributed by atoms with van der Waals surface area (Å²) in [4.78, 5) is 0. The Labute approximate surface area is 75.2 Å².